The van der Waals surface area contributed by atoms with Crippen LogP contribution in [0.4, 0.5) is 0 Å². The zero-order chi connectivity index (χ0) is 14.7. The van der Waals surface area contributed by atoms with Crippen LogP contribution >= 0.6 is 15.9 Å². The number of aromatic nitrogens is 2. The number of halogens is 1. The molecular formula is C14H22BrN3O2. The lowest BCUT2D eigenvalue weighted by Gasteiger charge is -2.35. The molecule has 1 saturated heterocycles. The van der Waals surface area contributed by atoms with Gasteiger partial charge >= 0.3 is 5.97 Å². The lowest BCUT2D eigenvalue weighted by molar-refractivity contribution is -0.137. The van der Waals surface area contributed by atoms with Crippen molar-refractivity contribution < 1.29 is 9.90 Å². The first-order valence-electron chi connectivity index (χ1n) is 7.13. The van der Waals surface area contributed by atoms with Gasteiger partial charge in [-0.15, -0.1) is 0 Å². The fourth-order valence-electron chi connectivity index (χ4n) is 2.93. The van der Waals surface area contributed by atoms with E-state index < -0.39 is 5.97 Å². The third-order valence-corrected chi connectivity index (χ3v) is 5.09. The lowest BCUT2D eigenvalue weighted by Crippen LogP contribution is -2.39. The zero-order valence-electron chi connectivity index (χ0n) is 12.1. The van der Waals surface area contributed by atoms with Gasteiger partial charge in [0.05, 0.1) is 15.9 Å². The first-order valence-corrected chi connectivity index (χ1v) is 7.92. The van der Waals surface area contributed by atoms with Gasteiger partial charge in [0, 0.05) is 26.1 Å². The molecule has 0 aromatic carbocycles. The smallest absolute Gasteiger partial charge is 0.303 e. The molecule has 0 amide bonds. The third kappa shape index (κ3) is 3.61. The normalized spacial score (nSPS) is 20.2. The number of nitrogens with zero attached hydrogens (tertiary/aromatic N) is 3. The molecule has 1 aromatic rings. The Kier molecular flexibility index (Phi) is 5.21. The predicted octanol–water partition coefficient (Wildman–Crippen LogP) is 2.71. The number of hydrogen-bond donors (Lipinski definition) is 1. The van der Waals surface area contributed by atoms with Crippen LogP contribution in [0, 0.1) is 6.92 Å². The van der Waals surface area contributed by atoms with Crippen LogP contribution in [0.25, 0.3) is 0 Å². The standard InChI is InChI=1S/C14H22BrN3O2/c1-10-14(15)12(17(2)16-10)9-18-8-4-3-5-11(18)6-7-13(19)20/h11H,3-9H2,1-2H3,(H,19,20). The molecule has 1 atom stereocenters. The van der Waals surface area contributed by atoms with E-state index in [0.717, 1.165) is 36.1 Å². The largest absolute Gasteiger partial charge is 0.481 e. The van der Waals surface area contributed by atoms with Gasteiger partial charge in [-0.05, 0) is 48.7 Å². The Morgan fingerprint density at radius 1 is 1.50 bits per heavy atom. The van der Waals surface area contributed by atoms with Crippen LogP contribution in [-0.2, 0) is 18.4 Å². The highest BCUT2D eigenvalue weighted by atomic mass is 79.9. The number of carbonyl (C=O) groups is 1. The van der Waals surface area contributed by atoms with Gasteiger partial charge in [0.15, 0.2) is 0 Å². The molecule has 0 saturated carbocycles. The zero-order valence-corrected chi connectivity index (χ0v) is 13.7. The molecule has 5 nitrogen and oxygen atoms in total. The second-order valence-corrected chi connectivity index (χ2v) is 6.32. The van der Waals surface area contributed by atoms with E-state index in [2.05, 4.69) is 25.9 Å². The number of aryl methyl sites for hydroxylation is 2. The molecule has 1 N–H and O–H groups in total. The van der Waals surface area contributed by atoms with Crippen molar-refractivity contribution in [3.05, 3.63) is 15.9 Å². The average Bonchev–Trinajstić information content (AvgIpc) is 2.64. The molecule has 1 aliphatic heterocycles. The highest BCUT2D eigenvalue weighted by Crippen LogP contribution is 2.27. The van der Waals surface area contributed by atoms with Crippen LogP contribution in [0.2, 0.25) is 0 Å². The average molecular weight is 344 g/mol. The topological polar surface area (TPSA) is 58.4 Å². The Balaban J connectivity index is 2.06. The molecule has 0 radical (unpaired) electrons. The summed E-state index contributed by atoms with van der Waals surface area (Å²) in [6.07, 6.45) is 4.49. The minimum Gasteiger partial charge on any atom is -0.481 e. The van der Waals surface area contributed by atoms with E-state index in [1.54, 1.807) is 0 Å². The van der Waals surface area contributed by atoms with E-state index in [9.17, 15) is 4.79 Å². The Morgan fingerprint density at radius 2 is 2.25 bits per heavy atom. The van der Waals surface area contributed by atoms with E-state index in [1.165, 1.54) is 18.5 Å². The number of carboxylic acid groups (broad SMARTS) is 1. The van der Waals surface area contributed by atoms with Gasteiger partial charge in [0.25, 0.3) is 0 Å². The van der Waals surface area contributed by atoms with Crippen molar-refractivity contribution in [3.8, 4) is 0 Å². The molecule has 2 rings (SSSR count). The maximum absolute atomic E-state index is 10.8. The molecule has 0 aliphatic carbocycles. The summed E-state index contributed by atoms with van der Waals surface area (Å²) < 4.78 is 2.99. The van der Waals surface area contributed by atoms with Crippen molar-refractivity contribution >= 4 is 21.9 Å². The molecule has 112 valence electrons. The molecule has 2 heterocycles. The predicted molar refractivity (Wildman–Crippen MR) is 80.6 cm³/mol. The Labute approximate surface area is 128 Å². The number of piperidine rings is 1. The molecule has 0 bridgehead atoms. The molecule has 6 heteroatoms. The van der Waals surface area contributed by atoms with Crippen molar-refractivity contribution in [1.29, 1.82) is 0 Å². The third-order valence-electron chi connectivity index (χ3n) is 4.05. The number of rotatable bonds is 5. The molecule has 1 unspecified atom stereocenters. The van der Waals surface area contributed by atoms with E-state index >= 15 is 0 Å². The lowest BCUT2D eigenvalue weighted by atomic mass is 9.97. The van der Waals surface area contributed by atoms with Crippen molar-refractivity contribution in [2.75, 3.05) is 6.54 Å². The molecule has 1 aliphatic rings. The Hall–Kier alpha value is -0.880. The fourth-order valence-corrected chi connectivity index (χ4v) is 3.39. The van der Waals surface area contributed by atoms with Gasteiger partial charge in [0.2, 0.25) is 0 Å². The summed E-state index contributed by atoms with van der Waals surface area (Å²) in [5.74, 6) is -0.701. The minimum absolute atomic E-state index is 0.257. The second-order valence-electron chi connectivity index (χ2n) is 5.52. The number of likely N-dealkylation sites (tertiary alicyclic amines) is 1. The van der Waals surface area contributed by atoms with Gasteiger partial charge in [-0.3, -0.25) is 14.4 Å². The maximum atomic E-state index is 10.8. The Bertz CT molecular complexity index is 487. The number of aliphatic carboxylic acids is 1. The summed E-state index contributed by atoms with van der Waals surface area (Å²) in [6, 6.07) is 0.377. The summed E-state index contributed by atoms with van der Waals surface area (Å²) in [6.45, 7) is 3.87. The SMILES string of the molecule is Cc1nn(C)c(CN2CCCCC2CCC(=O)O)c1Br. The summed E-state index contributed by atoms with van der Waals surface area (Å²) >= 11 is 3.61. The molecule has 1 fully saturated rings. The van der Waals surface area contributed by atoms with E-state index in [1.807, 2.05) is 18.7 Å². The maximum Gasteiger partial charge on any atom is 0.303 e. The van der Waals surface area contributed by atoms with Gasteiger partial charge in [-0.25, -0.2) is 0 Å². The quantitative estimate of drug-likeness (QED) is 0.892. The van der Waals surface area contributed by atoms with Crippen molar-refractivity contribution in [2.45, 2.75) is 51.6 Å². The van der Waals surface area contributed by atoms with E-state index in [0.29, 0.717) is 6.04 Å². The van der Waals surface area contributed by atoms with Crippen LogP contribution in [0.3, 0.4) is 0 Å². The summed E-state index contributed by atoms with van der Waals surface area (Å²) in [5, 5.41) is 13.3. The highest BCUT2D eigenvalue weighted by Gasteiger charge is 2.25. The van der Waals surface area contributed by atoms with Crippen LogP contribution in [-0.4, -0.2) is 38.3 Å². The first-order chi connectivity index (χ1) is 9.49. The molecule has 0 spiro atoms. The molecule has 20 heavy (non-hydrogen) atoms. The van der Waals surface area contributed by atoms with Crippen molar-refractivity contribution in [3.63, 3.8) is 0 Å². The van der Waals surface area contributed by atoms with Gasteiger partial charge < -0.3 is 5.11 Å². The van der Waals surface area contributed by atoms with Gasteiger partial charge in [0.1, 0.15) is 0 Å². The van der Waals surface area contributed by atoms with Crippen LogP contribution in [0.1, 0.15) is 43.5 Å². The van der Waals surface area contributed by atoms with Crippen LogP contribution in [0.15, 0.2) is 4.47 Å². The monoisotopic (exact) mass is 343 g/mol. The fraction of sp³-hybridized carbons (Fsp3) is 0.714. The van der Waals surface area contributed by atoms with Gasteiger partial charge in [-0.2, -0.15) is 5.10 Å². The minimum atomic E-state index is -0.701. The second kappa shape index (κ2) is 6.72. The Morgan fingerprint density at radius 3 is 2.85 bits per heavy atom. The van der Waals surface area contributed by atoms with Crippen LogP contribution < -0.4 is 0 Å². The van der Waals surface area contributed by atoms with Crippen molar-refractivity contribution in [1.82, 2.24) is 14.7 Å². The summed E-state index contributed by atoms with van der Waals surface area (Å²) in [7, 11) is 1.96. The summed E-state index contributed by atoms with van der Waals surface area (Å²) in [4.78, 5) is 13.2. The first kappa shape index (κ1) is 15.5. The van der Waals surface area contributed by atoms with E-state index in [4.69, 9.17) is 5.11 Å². The number of carboxylic acids is 1. The van der Waals surface area contributed by atoms with Crippen LogP contribution in [0.5, 0.6) is 0 Å². The van der Waals surface area contributed by atoms with Crippen molar-refractivity contribution in [2.24, 2.45) is 7.05 Å². The summed E-state index contributed by atoms with van der Waals surface area (Å²) in [5.41, 5.74) is 2.17. The highest BCUT2D eigenvalue weighted by molar-refractivity contribution is 9.10. The molecule has 1 aromatic heterocycles. The number of hydrogen-bond acceptors (Lipinski definition) is 3. The van der Waals surface area contributed by atoms with E-state index in [-0.39, 0.29) is 6.42 Å². The molecular weight excluding hydrogens is 322 g/mol. The van der Waals surface area contributed by atoms with Gasteiger partial charge in [-0.1, -0.05) is 6.42 Å².